The van der Waals surface area contributed by atoms with Crippen molar-refractivity contribution in [2.24, 2.45) is 0 Å². The Kier molecular flexibility index (Phi) is 3.63. The molecule has 0 saturated carbocycles. The van der Waals surface area contributed by atoms with Crippen LogP contribution in [0.4, 0.5) is 0 Å². The van der Waals surface area contributed by atoms with Crippen LogP contribution in [0.25, 0.3) is 22.2 Å². The molecule has 2 heterocycles. The Bertz CT molecular complexity index is 960. The van der Waals surface area contributed by atoms with Gasteiger partial charge in [0, 0.05) is 0 Å². The predicted octanol–water partition coefficient (Wildman–Crippen LogP) is 4.07. The first-order valence-electron chi connectivity index (χ1n) is 7.37. The second-order valence-electron chi connectivity index (χ2n) is 5.19. The first kappa shape index (κ1) is 14.3. The molecule has 4 rings (SSSR count). The quantitative estimate of drug-likeness (QED) is 0.551. The van der Waals surface area contributed by atoms with Crippen LogP contribution in [0.5, 0.6) is 11.5 Å². The summed E-state index contributed by atoms with van der Waals surface area (Å²) in [5.74, 6) is 2.41. The van der Waals surface area contributed by atoms with Crippen LogP contribution in [0.2, 0.25) is 0 Å². The topological polar surface area (TPSA) is 70.5 Å². The summed E-state index contributed by atoms with van der Waals surface area (Å²) in [4.78, 5) is 4.27. The van der Waals surface area contributed by atoms with Gasteiger partial charge in [0.05, 0.1) is 18.9 Å². The van der Waals surface area contributed by atoms with Gasteiger partial charge in [-0.25, -0.2) is 0 Å². The number of fused-ring (bicyclic) bond motifs is 1. The van der Waals surface area contributed by atoms with Crippen molar-refractivity contribution >= 4 is 10.8 Å². The molecule has 0 fully saturated rings. The minimum atomic E-state index is 0.195. The third-order valence-corrected chi connectivity index (χ3v) is 3.63. The van der Waals surface area contributed by atoms with Crippen LogP contribution >= 0.6 is 0 Å². The smallest absolute Gasteiger partial charge is 0.264 e. The number of benzene rings is 2. The highest BCUT2D eigenvalue weighted by atomic mass is 16.5. The summed E-state index contributed by atoms with van der Waals surface area (Å²) < 4.78 is 21.2. The van der Waals surface area contributed by atoms with E-state index >= 15 is 0 Å². The zero-order valence-electron chi connectivity index (χ0n) is 12.9. The van der Waals surface area contributed by atoms with E-state index in [1.54, 1.807) is 25.7 Å². The average molecular weight is 322 g/mol. The first-order valence-corrected chi connectivity index (χ1v) is 7.37. The number of rotatable bonds is 5. The minimum absolute atomic E-state index is 0.195. The third kappa shape index (κ3) is 2.81. The van der Waals surface area contributed by atoms with E-state index in [1.165, 1.54) is 0 Å². The molecule has 6 heteroatoms. The normalized spacial score (nSPS) is 10.9. The Morgan fingerprint density at radius 2 is 1.83 bits per heavy atom. The van der Waals surface area contributed by atoms with Gasteiger partial charge < -0.3 is 18.4 Å². The number of hydrogen-bond donors (Lipinski definition) is 0. The van der Waals surface area contributed by atoms with Crippen molar-refractivity contribution in [3.05, 3.63) is 60.9 Å². The molecule has 2 aromatic heterocycles. The fourth-order valence-corrected chi connectivity index (χ4v) is 2.39. The van der Waals surface area contributed by atoms with Gasteiger partial charge in [0.25, 0.3) is 5.89 Å². The molecule has 0 saturated heterocycles. The van der Waals surface area contributed by atoms with Gasteiger partial charge in [-0.05, 0) is 41.1 Å². The predicted molar refractivity (Wildman–Crippen MR) is 86.8 cm³/mol. The van der Waals surface area contributed by atoms with Gasteiger partial charge in [0.15, 0.2) is 6.61 Å². The lowest BCUT2D eigenvalue weighted by Gasteiger charge is -2.06. The molecule has 0 aliphatic heterocycles. The van der Waals surface area contributed by atoms with Crippen LogP contribution in [-0.2, 0) is 6.61 Å². The van der Waals surface area contributed by atoms with E-state index in [4.69, 9.17) is 18.4 Å². The summed E-state index contributed by atoms with van der Waals surface area (Å²) in [5.41, 5.74) is 0.766. The monoisotopic (exact) mass is 322 g/mol. The van der Waals surface area contributed by atoms with Gasteiger partial charge in [-0.1, -0.05) is 17.3 Å². The summed E-state index contributed by atoms with van der Waals surface area (Å²) in [6.45, 7) is 0.195. The van der Waals surface area contributed by atoms with E-state index in [9.17, 15) is 0 Å². The van der Waals surface area contributed by atoms with E-state index in [0.717, 1.165) is 27.8 Å². The average Bonchev–Trinajstić information content (AvgIpc) is 3.30. The number of nitrogens with zero attached hydrogens (tertiary/aromatic N) is 2. The zero-order chi connectivity index (χ0) is 16.4. The highest BCUT2D eigenvalue weighted by molar-refractivity contribution is 5.85. The maximum Gasteiger partial charge on any atom is 0.264 e. The summed E-state index contributed by atoms with van der Waals surface area (Å²) in [6, 6.07) is 13.5. The van der Waals surface area contributed by atoms with Crippen molar-refractivity contribution < 1.29 is 18.4 Å². The summed E-state index contributed by atoms with van der Waals surface area (Å²) in [5, 5.41) is 6.05. The number of methoxy groups -OCH3 is 1. The van der Waals surface area contributed by atoms with Crippen LogP contribution in [0, 0.1) is 0 Å². The highest BCUT2D eigenvalue weighted by Crippen LogP contribution is 2.25. The van der Waals surface area contributed by atoms with Gasteiger partial charge >= 0.3 is 0 Å². The Labute approximate surface area is 137 Å². The zero-order valence-corrected chi connectivity index (χ0v) is 12.9. The number of aromatic nitrogens is 2. The Morgan fingerprint density at radius 1 is 1.00 bits per heavy atom. The Hall–Kier alpha value is -3.28. The molecule has 0 aliphatic rings. The number of hydrogen-bond acceptors (Lipinski definition) is 6. The molecule has 4 aromatic rings. The van der Waals surface area contributed by atoms with Crippen molar-refractivity contribution in [3.63, 3.8) is 0 Å². The molecule has 0 atom stereocenters. The molecule has 0 amide bonds. The third-order valence-electron chi connectivity index (χ3n) is 3.63. The lowest BCUT2D eigenvalue weighted by molar-refractivity contribution is 0.243. The Balaban J connectivity index is 1.50. The van der Waals surface area contributed by atoms with Crippen LogP contribution in [0.1, 0.15) is 5.89 Å². The SMILES string of the molecule is COc1ccc2ccc(OCc3nc(-c4ccoc4)no3)cc2c1. The van der Waals surface area contributed by atoms with Crippen molar-refractivity contribution in [1.29, 1.82) is 0 Å². The molecule has 0 radical (unpaired) electrons. The van der Waals surface area contributed by atoms with Gasteiger partial charge in [0.2, 0.25) is 5.82 Å². The molecular formula is C18H14N2O4. The maximum atomic E-state index is 5.74. The van der Waals surface area contributed by atoms with Crippen LogP contribution in [0.3, 0.4) is 0 Å². The van der Waals surface area contributed by atoms with E-state index in [-0.39, 0.29) is 6.61 Å². The maximum absolute atomic E-state index is 5.74. The largest absolute Gasteiger partial charge is 0.497 e. The second-order valence-corrected chi connectivity index (χ2v) is 5.19. The van der Waals surface area contributed by atoms with Gasteiger partial charge in [0.1, 0.15) is 17.8 Å². The standard InChI is InChI=1S/C18H14N2O4/c1-21-15-4-2-12-3-5-16(9-14(12)8-15)23-11-17-19-18(20-24-17)13-6-7-22-10-13/h2-10H,11H2,1H3. The van der Waals surface area contributed by atoms with Crippen molar-refractivity contribution in [1.82, 2.24) is 10.1 Å². The fourth-order valence-electron chi connectivity index (χ4n) is 2.39. The molecule has 0 bridgehead atoms. The lowest BCUT2D eigenvalue weighted by Crippen LogP contribution is -1.95. The van der Waals surface area contributed by atoms with Crippen molar-refractivity contribution in [2.45, 2.75) is 6.61 Å². The highest BCUT2D eigenvalue weighted by Gasteiger charge is 2.10. The van der Waals surface area contributed by atoms with Crippen molar-refractivity contribution in [2.75, 3.05) is 7.11 Å². The van der Waals surface area contributed by atoms with Crippen LogP contribution in [-0.4, -0.2) is 17.3 Å². The van der Waals surface area contributed by atoms with Crippen molar-refractivity contribution in [3.8, 4) is 22.9 Å². The second kappa shape index (κ2) is 6.08. The molecule has 6 nitrogen and oxygen atoms in total. The number of ether oxygens (including phenoxy) is 2. The van der Waals surface area contributed by atoms with Gasteiger partial charge in [-0.3, -0.25) is 0 Å². The lowest BCUT2D eigenvalue weighted by atomic mass is 10.1. The van der Waals surface area contributed by atoms with E-state index < -0.39 is 0 Å². The van der Waals surface area contributed by atoms with E-state index in [0.29, 0.717) is 11.7 Å². The van der Waals surface area contributed by atoms with Gasteiger partial charge in [-0.15, -0.1) is 0 Å². The van der Waals surface area contributed by atoms with E-state index in [2.05, 4.69) is 10.1 Å². The van der Waals surface area contributed by atoms with Crippen LogP contribution in [0.15, 0.2) is 63.9 Å². The molecular weight excluding hydrogens is 308 g/mol. The van der Waals surface area contributed by atoms with Crippen LogP contribution < -0.4 is 9.47 Å². The molecule has 0 N–H and O–H groups in total. The molecule has 0 unspecified atom stereocenters. The molecule has 24 heavy (non-hydrogen) atoms. The molecule has 0 aliphatic carbocycles. The summed E-state index contributed by atoms with van der Waals surface area (Å²) >= 11 is 0. The molecule has 2 aromatic carbocycles. The molecule has 0 spiro atoms. The summed E-state index contributed by atoms with van der Waals surface area (Å²) in [6.07, 6.45) is 3.12. The molecule has 120 valence electrons. The Morgan fingerprint density at radius 3 is 2.62 bits per heavy atom. The van der Waals surface area contributed by atoms with Gasteiger partial charge in [-0.2, -0.15) is 4.98 Å². The number of furan rings is 1. The fraction of sp³-hybridized carbons (Fsp3) is 0.111. The van der Waals surface area contributed by atoms with E-state index in [1.807, 2.05) is 36.4 Å². The summed E-state index contributed by atoms with van der Waals surface area (Å²) in [7, 11) is 1.65. The first-order chi connectivity index (χ1) is 11.8. The minimum Gasteiger partial charge on any atom is -0.497 e.